The predicted octanol–water partition coefficient (Wildman–Crippen LogP) is 4.49. The maximum atomic E-state index is 9.41. The van der Waals surface area contributed by atoms with Crippen LogP contribution in [0.4, 0.5) is 0 Å². The lowest BCUT2D eigenvalue weighted by atomic mass is 10.1. The number of pyridine rings is 1. The van der Waals surface area contributed by atoms with Crippen LogP contribution in [0, 0.1) is 18.3 Å². The largest absolute Gasteiger partial charge is 0.291 e. The summed E-state index contributed by atoms with van der Waals surface area (Å²) in [6, 6.07) is 11.3. The molecule has 20 heavy (non-hydrogen) atoms. The van der Waals surface area contributed by atoms with E-state index in [1.807, 2.05) is 31.3 Å². The maximum absolute atomic E-state index is 9.41. The monoisotopic (exact) mass is 301 g/mol. The third-order valence-corrected chi connectivity index (χ3v) is 3.88. The van der Waals surface area contributed by atoms with Crippen LogP contribution in [0.25, 0.3) is 16.9 Å². The SMILES string of the molecule is Cc1cccn2c(C#N)c(-c3ccc(Cl)c(Cl)c3)nc12. The minimum atomic E-state index is 0.446. The predicted molar refractivity (Wildman–Crippen MR) is 80.1 cm³/mol. The van der Waals surface area contributed by atoms with Crippen LogP contribution in [0.1, 0.15) is 11.3 Å². The summed E-state index contributed by atoms with van der Waals surface area (Å²) >= 11 is 12.0. The van der Waals surface area contributed by atoms with Crippen LogP contribution in [-0.4, -0.2) is 9.38 Å². The van der Waals surface area contributed by atoms with Crippen molar-refractivity contribution in [3.63, 3.8) is 0 Å². The molecule has 0 bridgehead atoms. The lowest BCUT2D eigenvalue weighted by Gasteiger charge is -2.00. The Bertz CT molecular complexity index is 859. The molecule has 5 heteroatoms. The van der Waals surface area contributed by atoms with Gasteiger partial charge in [-0.3, -0.25) is 4.40 Å². The van der Waals surface area contributed by atoms with Gasteiger partial charge in [-0.05, 0) is 30.7 Å². The molecular weight excluding hydrogens is 293 g/mol. The molecule has 0 aliphatic heterocycles. The molecule has 0 fully saturated rings. The number of nitriles is 1. The van der Waals surface area contributed by atoms with E-state index in [9.17, 15) is 5.26 Å². The van der Waals surface area contributed by atoms with Crippen molar-refractivity contribution < 1.29 is 0 Å². The van der Waals surface area contributed by atoms with Crippen LogP contribution in [0.15, 0.2) is 36.5 Å². The van der Waals surface area contributed by atoms with E-state index in [2.05, 4.69) is 11.1 Å². The quantitative estimate of drug-likeness (QED) is 0.664. The first kappa shape index (κ1) is 13.0. The van der Waals surface area contributed by atoms with E-state index in [0.29, 0.717) is 21.4 Å². The van der Waals surface area contributed by atoms with Gasteiger partial charge in [0.05, 0.1) is 10.0 Å². The number of hydrogen-bond donors (Lipinski definition) is 0. The van der Waals surface area contributed by atoms with Crippen LogP contribution >= 0.6 is 23.2 Å². The molecule has 3 aromatic rings. The molecule has 0 N–H and O–H groups in total. The Morgan fingerprint density at radius 3 is 2.70 bits per heavy atom. The number of aromatic nitrogens is 2. The van der Waals surface area contributed by atoms with E-state index in [1.54, 1.807) is 16.5 Å². The molecule has 98 valence electrons. The van der Waals surface area contributed by atoms with Gasteiger partial charge < -0.3 is 0 Å². The number of fused-ring (bicyclic) bond motifs is 1. The van der Waals surface area contributed by atoms with Crippen molar-refractivity contribution in [3.8, 4) is 17.3 Å². The van der Waals surface area contributed by atoms with Gasteiger partial charge in [0.25, 0.3) is 0 Å². The number of aryl methyl sites for hydroxylation is 1. The number of hydrogen-bond acceptors (Lipinski definition) is 2. The molecular formula is C15H9Cl2N3. The Morgan fingerprint density at radius 1 is 1.20 bits per heavy atom. The number of halogens is 2. The van der Waals surface area contributed by atoms with E-state index < -0.39 is 0 Å². The van der Waals surface area contributed by atoms with Gasteiger partial charge in [-0.2, -0.15) is 5.26 Å². The molecule has 0 amide bonds. The Hall–Kier alpha value is -2.02. The lowest BCUT2D eigenvalue weighted by Crippen LogP contribution is -1.89. The van der Waals surface area contributed by atoms with Crippen LogP contribution < -0.4 is 0 Å². The molecule has 2 aromatic heterocycles. The lowest BCUT2D eigenvalue weighted by molar-refractivity contribution is 1.14. The van der Waals surface area contributed by atoms with E-state index in [0.717, 1.165) is 16.8 Å². The minimum absolute atomic E-state index is 0.446. The zero-order valence-electron chi connectivity index (χ0n) is 10.6. The van der Waals surface area contributed by atoms with E-state index in [4.69, 9.17) is 23.2 Å². The summed E-state index contributed by atoms with van der Waals surface area (Å²) in [6.07, 6.45) is 1.83. The molecule has 3 nitrogen and oxygen atoms in total. The summed E-state index contributed by atoms with van der Waals surface area (Å²) in [7, 11) is 0. The van der Waals surface area contributed by atoms with Crippen molar-refractivity contribution in [1.29, 1.82) is 5.26 Å². The van der Waals surface area contributed by atoms with Gasteiger partial charge in [-0.25, -0.2) is 4.98 Å². The molecule has 3 rings (SSSR count). The number of benzene rings is 1. The number of rotatable bonds is 1. The van der Waals surface area contributed by atoms with Crippen molar-refractivity contribution in [3.05, 3.63) is 57.8 Å². The van der Waals surface area contributed by atoms with Crippen molar-refractivity contribution in [2.45, 2.75) is 6.92 Å². The molecule has 0 atom stereocenters. The molecule has 0 unspecified atom stereocenters. The fourth-order valence-electron chi connectivity index (χ4n) is 2.16. The molecule has 2 heterocycles. The summed E-state index contributed by atoms with van der Waals surface area (Å²) in [5.74, 6) is 0. The second-order valence-electron chi connectivity index (χ2n) is 4.43. The minimum Gasteiger partial charge on any atom is -0.291 e. The smallest absolute Gasteiger partial charge is 0.152 e. The van der Waals surface area contributed by atoms with E-state index in [-0.39, 0.29) is 0 Å². The fourth-order valence-corrected chi connectivity index (χ4v) is 2.45. The van der Waals surface area contributed by atoms with Gasteiger partial charge in [0.1, 0.15) is 17.4 Å². The third kappa shape index (κ3) is 1.94. The van der Waals surface area contributed by atoms with Crippen molar-refractivity contribution >= 4 is 28.8 Å². The molecule has 0 saturated carbocycles. The average molecular weight is 302 g/mol. The molecule has 0 aliphatic rings. The summed E-state index contributed by atoms with van der Waals surface area (Å²) in [6.45, 7) is 1.96. The Kier molecular flexibility index (Phi) is 3.13. The molecule has 0 saturated heterocycles. The summed E-state index contributed by atoms with van der Waals surface area (Å²) in [5.41, 5.74) is 3.65. The Labute approximate surface area is 126 Å². The number of imidazole rings is 1. The Balaban J connectivity index is 2.33. The number of nitrogens with zero attached hydrogens (tertiary/aromatic N) is 3. The van der Waals surface area contributed by atoms with Crippen LogP contribution in [0.5, 0.6) is 0 Å². The molecule has 0 radical (unpaired) electrons. The highest BCUT2D eigenvalue weighted by Gasteiger charge is 2.15. The highest BCUT2D eigenvalue weighted by molar-refractivity contribution is 6.42. The summed E-state index contributed by atoms with van der Waals surface area (Å²) in [4.78, 5) is 4.56. The van der Waals surface area contributed by atoms with Gasteiger partial charge in [0, 0.05) is 11.8 Å². The zero-order chi connectivity index (χ0) is 14.3. The van der Waals surface area contributed by atoms with Gasteiger partial charge in [0.15, 0.2) is 5.69 Å². The third-order valence-electron chi connectivity index (χ3n) is 3.14. The molecule has 0 spiro atoms. The van der Waals surface area contributed by atoms with Gasteiger partial charge in [0.2, 0.25) is 0 Å². The van der Waals surface area contributed by atoms with Gasteiger partial charge in [-0.15, -0.1) is 0 Å². The average Bonchev–Trinajstić information content (AvgIpc) is 2.82. The van der Waals surface area contributed by atoms with Crippen molar-refractivity contribution in [1.82, 2.24) is 9.38 Å². The van der Waals surface area contributed by atoms with Crippen molar-refractivity contribution in [2.75, 3.05) is 0 Å². The summed E-state index contributed by atoms with van der Waals surface area (Å²) < 4.78 is 1.78. The summed E-state index contributed by atoms with van der Waals surface area (Å²) in [5, 5.41) is 10.3. The van der Waals surface area contributed by atoms with Gasteiger partial charge >= 0.3 is 0 Å². The first-order valence-corrected chi connectivity index (χ1v) is 6.70. The Morgan fingerprint density at radius 2 is 2.00 bits per heavy atom. The second-order valence-corrected chi connectivity index (χ2v) is 5.25. The van der Waals surface area contributed by atoms with Crippen LogP contribution in [0.2, 0.25) is 10.0 Å². The fraction of sp³-hybridized carbons (Fsp3) is 0.0667. The van der Waals surface area contributed by atoms with Crippen molar-refractivity contribution in [2.24, 2.45) is 0 Å². The normalized spacial score (nSPS) is 10.7. The second kappa shape index (κ2) is 4.82. The van der Waals surface area contributed by atoms with Crippen LogP contribution in [-0.2, 0) is 0 Å². The van der Waals surface area contributed by atoms with Crippen LogP contribution in [0.3, 0.4) is 0 Å². The first-order chi connectivity index (χ1) is 9.61. The van der Waals surface area contributed by atoms with E-state index in [1.165, 1.54) is 0 Å². The van der Waals surface area contributed by atoms with E-state index >= 15 is 0 Å². The first-order valence-electron chi connectivity index (χ1n) is 5.95. The molecule has 1 aromatic carbocycles. The molecule has 0 aliphatic carbocycles. The topological polar surface area (TPSA) is 41.1 Å². The van der Waals surface area contributed by atoms with Gasteiger partial charge in [-0.1, -0.05) is 35.3 Å². The highest BCUT2D eigenvalue weighted by Crippen LogP contribution is 2.30. The zero-order valence-corrected chi connectivity index (χ0v) is 12.1. The maximum Gasteiger partial charge on any atom is 0.152 e. The standard InChI is InChI=1S/C15H9Cl2N3/c1-9-3-2-6-20-13(8-18)14(19-15(9)20)10-4-5-11(16)12(17)7-10/h2-7H,1H3. The highest BCUT2D eigenvalue weighted by atomic mass is 35.5.